The first-order valence-corrected chi connectivity index (χ1v) is 7.69. The molecule has 1 aromatic heterocycles. The smallest absolute Gasteiger partial charge is 0.293 e. The van der Waals surface area contributed by atoms with Gasteiger partial charge in [0.25, 0.3) is 5.69 Å². The fraction of sp³-hybridized carbons (Fsp3) is 0.273. The van der Waals surface area contributed by atoms with Gasteiger partial charge in [0, 0.05) is 25.9 Å². The number of aromatic nitrogens is 2. The number of anilines is 2. The average Bonchev–Trinajstić information content (AvgIpc) is 2.93. The van der Waals surface area contributed by atoms with Gasteiger partial charge in [0.2, 0.25) is 5.13 Å². The summed E-state index contributed by atoms with van der Waals surface area (Å²) in [6.07, 6.45) is 0. The predicted molar refractivity (Wildman–Crippen MR) is 84.7 cm³/mol. The maximum atomic E-state index is 11.0. The quantitative estimate of drug-likeness (QED) is 0.359. The molecule has 0 atom stereocenters. The van der Waals surface area contributed by atoms with Gasteiger partial charge < -0.3 is 10.3 Å². The van der Waals surface area contributed by atoms with Gasteiger partial charge in [-0.1, -0.05) is 35.2 Å². The van der Waals surface area contributed by atoms with E-state index in [1.165, 1.54) is 29.2 Å². The lowest BCUT2D eigenvalue weighted by atomic mass is 10.2. The topological polar surface area (TPSA) is 110 Å². The van der Waals surface area contributed by atoms with E-state index in [-0.39, 0.29) is 5.69 Å². The molecule has 0 aliphatic heterocycles. The van der Waals surface area contributed by atoms with Crippen LogP contribution in [0.25, 0.3) is 0 Å². The van der Waals surface area contributed by atoms with E-state index >= 15 is 0 Å². The second-order valence-electron chi connectivity index (χ2n) is 4.25. The Hall–Kier alpha value is -1.91. The first-order chi connectivity index (χ1) is 10.0. The fourth-order valence-corrected chi connectivity index (χ4v) is 3.36. The first-order valence-electron chi connectivity index (χ1n) is 5.89. The number of nitro groups is 1. The fourth-order valence-electron chi connectivity index (χ4n) is 1.61. The van der Waals surface area contributed by atoms with Crippen LogP contribution in [0.15, 0.2) is 22.5 Å². The second-order valence-corrected chi connectivity index (χ2v) is 6.42. The SMILES string of the molecule is CN(C)c1nnc(SCc2cccc([N+](=O)[O-])c2NN)s1. The standard InChI is InChI=1S/C11H14N6O2S2/c1-16(2)10-14-15-11(21-10)20-6-7-4-3-5-8(17(18)19)9(7)13-12/h3-5,13H,6,12H2,1-2H3. The first kappa shape index (κ1) is 15.5. The number of nitro benzene ring substituents is 1. The van der Waals surface area contributed by atoms with Crippen LogP contribution in [0, 0.1) is 10.1 Å². The van der Waals surface area contributed by atoms with Gasteiger partial charge >= 0.3 is 0 Å². The molecule has 0 spiro atoms. The molecule has 1 heterocycles. The van der Waals surface area contributed by atoms with E-state index in [2.05, 4.69) is 15.6 Å². The molecule has 8 nitrogen and oxygen atoms in total. The van der Waals surface area contributed by atoms with Crippen LogP contribution in [0.5, 0.6) is 0 Å². The van der Waals surface area contributed by atoms with Crippen LogP contribution in [0.3, 0.4) is 0 Å². The average molecular weight is 326 g/mol. The molecule has 1 aromatic carbocycles. The van der Waals surface area contributed by atoms with Gasteiger partial charge in [-0.3, -0.25) is 16.0 Å². The lowest BCUT2D eigenvalue weighted by Gasteiger charge is -2.08. The zero-order valence-electron chi connectivity index (χ0n) is 11.4. The molecule has 0 fully saturated rings. The Labute approximate surface area is 129 Å². The van der Waals surface area contributed by atoms with E-state index in [1.54, 1.807) is 12.1 Å². The van der Waals surface area contributed by atoms with Crippen LogP contribution >= 0.6 is 23.1 Å². The molecule has 0 bridgehead atoms. The summed E-state index contributed by atoms with van der Waals surface area (Å²) in [7, 11) is 3.79. The zero-order valence-corrected chi connectivity index (χ0v) is 13.1. The van der Waals surface area contributed by atoms with E-state index in [4.69, 9.17) is 5.84 Å². The number of nitrogens with one attached hydrogen (secondary N) is 1. The lowest BCUT2D eigenvalue weighted by molar-refractivity contribution is -0.384. The highest BCUT2D eigenvalue weighted by molar-refractivity contribution is 8.00. The Balaban J connectivity index is 2.15. The molecule has 2 rings (SSSR count). The molecular formula is C11H14N6O2S2. The summed E-state index contributed by atoms with van der Waals surface area (Å²) in [4.78, 5) is 12.4. The van der Waals surface area contributed by atoms with Crippen LogP contribution in [0.2, 0.25) is 0 Å². The maximum absolute atomic E-state index is 11.0. The molecule has 2 aromatic rings. The van der Waals surface area contributed by atoms with Gasteiger partial charge in [0.05, 0.1) is 4.92 Å². The van der Waals surface area contributed by atoms with Crippen molar-refractivity contribution >= 4 is 39.6 Å². The van der Waals surface area contributed by atoms with Gasteiger partial charge in [-0.15, -0.1) is 10.2 Å². The number of thioether (sulfide) groups is 1. The van der Waals surface area contributed by atoms with Gasteiger partial charge in [-0.05, 0) is 5.56 Å². The van der Waals surface area contributed by atoms with Crippen molar-refractivity contribution in [1.29, 1.82) is 0 Å². The van der Waals surface area contributed by atoms with Crippen LogP contribution < -0.4 is 16.2 Å². The summed E-state index contributed by atoms with van der Waals surface area (Å²) in [6, 6.07) is 4.85. The molecule has 0 radical (unpaired) electrons. The highest BCUT2D eigenvalue weighted by Gasteiger charge is 2.17. The van der Waals surface area contributed by atoms with Crippen LogP contribution in [0.1, 0.15) is 5.56 Å². The Kier molecular flexibility index (Phi) is 4.94. The predicted octanol–water partition coefficient (Wildman–Crippen LogP) is 2.09. The molecule has 0 aliphatic rings. The molecule has 0 saturated carbocycles. The lowest BCUT2D eigenvalue weighted by Crippen LogP contribution is -2.11. The molecule has 21 heavy (non-hydrogen) atoms. The Bertz CT molecular complexity index is 645. The molecule has 3 N–H and O–H groups in total. The number of rotatable bonds is 6. The minimum atomic E-state index is -0.460. The van der Waals surface area contributed by atoms with Crippen LogP contribution in [-0.4, -0.2) is 29.2 Å². The Morgan fingerprint density at radius 3 is 2.81 bits per heavy atom. The number of nitrogens with two attached hydrogens (primary N) is 1. The van der Waals surface area contributed by atoms with Gasteiger partial charge in [0.1, 0.15) is 5.69 Å². The summed E-state index contributed by atoms with van der Waals surface area (Å²) in [5.74, 6) is 5.92. The van der Waals surface area contributed by atoms with Crippen molar-refractivity contribution in [3.05, 3.63) is 33.9 Å². The largest absolute Gasteiger partial charge is 0.353 e. The number of hydrogen-bond donors (Lipinski definition) is 2. The summed E-state index contributed by atoms with van der Waals surface area (Å²) < 4.78 is 0.799. The van der Waals surface area contributed by atoms with Crippen molar-refractivity contribution in [1.82, 2.24) is 10.2 Å². The molecule has 0 saturated heterocycles. The molecule has 0 unspecified atom stereocenters. The van der Waals surface area contributed by atoms with Crippen LogP contribution in [-0.2, 0) is 5.75 Å². The van der Waals surface area contributed by atoms with E-state index in [1.807, 2.05) is 19.0 Å². The maximum Gasteiger partial charge on any atom is 0.293 e. The number of nitrogen functional groups attached to an aromatic ring is 1. The van der Waals surface area contributed by atoms with Crippen molar-refractivity contribution in [3.8, 4) is 0 Å². The van der Waals surface area contributed by atoms with Crippen molar-refractivity contribution in [2.75, 3.05) is 24.4 Å². The zero-order chi connectivity index (χ0) is 15.4. The van der Waals surface area contributed by atoms with E-state index in [0.717, 1.165) is 15.0 Å². The van der Waals surface area contributed by atoms with E-state index in [0.29, 0.717) is 11.4 Å². The summed E-state index contributed by atoms with van der Waals surface area (Å²) in [5.41, 5.74) is 3.44. The highest BCUT2D eigenvalue weighted by atomic mass is 32.2. The number of hydrogen-bond acceptors (Lipinski definition) is 9. The molecule has 0 amide bonds. The highest BCUT2D eigenvalue weighted by Crippen LogP contribution is 2.34. The molecule has 112 valence electrons. The number of nitrogens with zero attached hydrogens (tertiary/aromatic N) is 4. The van der Waals surface area contributed by atoms with Crippen molar-refractivity contribution in [3.63, 3.8) is 0 Å². The number of para-hydroxylation sites is 1. The summed E-state index contributed by atoms with van der Waals surface area (Å²) in [5, 5.41) is 19.9. The minimum Gasteiger partial charge on any atom is -0.353 e. The van der Waals surface area contributed by atoms with E-state index < -0.39 is 4.92 Å². The normalized spacial score (nSPS) is 10.4. The summed E-state index contributed by atoms with van der Waals surface area (Å²) in [6.45, 7) is 0. The third-order valence-electron chi connectivity index (χ3n) is 2.60. The Morgan fingerprint density at radius 1 is 1.48 bits per heavy atom. The third-order valence-corrected chi connectivity index (χ3v) is 4.87. The van der Waals surface area contributed by atoms with Gasteiger partial charge in [-0.2, -0.15) is 0 Å². The summed E-state index contributed by atoms with van der Waals surface area (Å²) >= 11 is 2.93. The van der Waals surface area contributed by atoms with Gasteiger partial charge in [0.15, 0.2) is 4.34 Å². The molecule has 10 heteroatoms. The van der Waals surface area contributed by atoms with E-state index in [9.17, 15) is 10.1 Å². The van der Waals surface area contributed by atoms with Gasteiger partial charge in [-0.25, -0.2) is 0 Å². The van der Waals surface area contributed by atoms with Crippen molar-refractivity contribution in [2.24, 2.45) is 5.84 Å². The minimum absolute atomic E-state index is 0.0400. The second kappa shape index (κ2) is 6.70. The molecular weight excluding hydrogens is 312 g/mol. The van der Waals surface area contributed by atoms with Crippen molar-refractivity contribution < 1.29 is 4.92 Å². The van der Waals surface area contributed by atoms with Crippen molar-refractivity contribution in [2.45, 2.75) is 10.1 Å². The van der Waals surface area contributed by atoms with Crippen LogP contribution in [0.4, 0.5) is 16.5 Å². The monoisotopic (exact) mass is 326 g/mol. The third kappa shape index (κ3) is 3.60. The Morgan fingerprint density at radius 2 is 2.24 bits per heavy atom. The molecule has 0 aliphatic carbocycles. The number of benzene rings is 1. The number of hydrazine groups is 1.